The molecule has 1 aliphatic rings. The molecule has 2 N–H and O–H groups in total. The molecule has 0 bridgehead atoms. The Morgan fingerprint density at radius 2 is 1.71 bits per heavy atom. The number of hydrogen-bond acceptors (Lipinski definition) is 10. The Labute approximate surface area is 287 Å². The van der Waals surface area contributed by atoms with Gasteiger partial charge in [-0.25, -0.2) is 14.6 Å². The van der Waals surface area contributed by atoms with Crippen LogP contribution in [0, 0.1) is 0 Å². The molecule has 1 aliphatic heterocycles. The van der Waals surface area contributed by atoms with Crippen LogP contribution in [0.3, 0.4) is 0 Å². The SMILES string of the molecule is COc1ccc(CNC[C@@H]2CC[C@H](c3cc(NC(=O)OC(C)(C)C)n4ncc(-c5cnn(C)c5)c4n3)CN2C(=O)OC(C)(C)C)c(OC)c1. The number of methoxy groups -OCH3 is 2. The van der Waals surface area contributed by atoms with E-state index in [4.69, 9.17) is 23.9 Å². The van der Waals surface area contributed by atoms with Gasteiger partial charge in [0.15, 0.2) is 5.65 Å². The summed E-state index contributed by atoms with van der Waals surface area (Å²) in [4.78, 5) is 33.5. The third-order valence-corrected chi connectivity index (χ3v) is 8.08. The molecule has 264 valence electrons. The van der Waals surface area contributed by atoms with Crippen LogP contribution in [0.1, 0.15) is 71.6 Å². The smallest absolute Gasteiger partial charge is 0.413 e. The molecule has 14 heteroatoms. The Bertz CT molecular complexity index is 1790. The topological polar surface area (TPSA) is 146 Å². The number of fused-ring (bicyclic) bond motifs is 1. The van der Waals surface area contributed by atoms with Crippen molar-refractivity contribution in [1.29, 1.82) is 0 Å². The molecule has 5 rings (SSSR count). The normalized spacial score (nSPS) is 16.8. The lowest BCUT2D eigenvalue weighted by Crippen LogP contribution is -2.51. The number of anilines is 1. The minimum absolute atomic E-state index is 0.126. The highest BCUT2D eigenvalue weighted by Crippen LogP contribution is 2.34. The Kier molecular flexibility index (Phi) is 10.4. The molecule has 3 aromatic heterocycles. The van der Waals surface area contributed by atoms with Gasteiger partial charge in [0.2, 0.25) is 0 Å². The minimum atomic E-state index is -0.692. The number of amides is 2. The predicted molar refractivity (Wildman–Crippen MR) is 185 cm³/mol. The fourth-order valence-electron chi connectivity index (χ4n) is 5.85. The first kappa shape index (κ1) is 35.5. The first-order valence-corrected chi connectivity index (χ1v) is 16.4. The van der Waals surface area contributed by atoms with Crippen LogP contribution in [-0.4, -0.2) is 86.0 Å². The van der Waals surface area contributed by atoms with E-state index in [0.29, 0.717) is 43.2 Å². The number of piperidine rings is 1. The van der Waals surface area contributed by atoms with Gasteiger partial charge < -0.3 is 29.2 Å². The van der Waals surface area contributed by atoms with Gasteiger partial charge in [0.25, 0.3) is 0 Å². The van der Waals surface area contributed by atoms with E-state index in [1.165, 1.54) is 0 Å². The van der Waals surface area contributed by atoms with Gasteiger partial charge in [0.05, 0.1) is 32.3 Å². The summed E-state index contributed by atoms with van der Waals surface area (Å²) in [6.07, 6.45) is 5.79. The van der Waals surface area contributed by atoms with Crippen molar-refractivity contribution in [3.8, 4) is 22.6 Å². The summed E-state index contributed by atoms with van der Waals surface area (Å²) in [7, 11) is 5.10. The van der Waals surface area contributed by atoms with Crippen LogP contribution in [0.4, 0.5) is 15.4 Å². The number of aryl methyl sites for hydroxylation is 1. The van der Waals surface area contributed by atoms with Crippen LogP contribution >= 0.6 is 0 Å². The van der Waals surface area contributed by atoms with Gasteiger partial charge in [-0.15, -0.1) is 0 Å². The van der Waals surface area contributed by atoms with Crippen molar-refractivity contribution < 1.29 is 28.5 Å². The van der Waals surface area contributed by atoms with Gasteiger partial charge in [-0.05, 0) is 60.5 Å². The molecule has 1 aromatic carbocycles. The molecule has 0 spiro atoms. The van der Waals surface area contributed by atoms with Crippen LogP contribution < -0.4 is 20.1 Å². The van der Waals surface area contributed by atoms with Crippen molar-refractivity contribution in [2.75, 3.05) is 32.6 Å². The highest BCUT2D eigenvalue weighted by atomic mass is 16.6. The van der Waals surface area contributed by atoms with E-state index < -0.39 is 17.3 Å². The molecule has 49 heavy (non-hydrogen) atoms. The van der Waals surface area contributed by atoms with Gasteiger partial charge in [0, 0.05) is 73.7 Å². The van der Waals surface area contributed by atoms with Gasteiger partial charge in [-0.1, -0.05) is 6.07 Å². The Hall–Kier alpha value is -4.85. The largest absolute Gasteiger partial charge is 0.497 e. The molecule has 2 atom stereocenters. The fraction of sp³-hybridized carbons (Fsp3) is 0.514. The lowest BCUT2D eigenvalue weighted by atomic mass is 9.90. The maximum absolute atomic E-state index is 13.7. The number of nitrogens with zero attached hydrogens (tertiary/aromatic N) is 6. The standard InChI is InChI=1S/C35H48N8O6/c1-34(2,3)48-32(44)40-30-15-28(39-31-27(19-38-43(30)31)24-17-37-41(7)20-24)23-10-12-25(42(21-23)33(45)49-35(4,5)6)18-36-16-22-11-13-26(46-8)14-29(22)47-9/h11,13-15,17,19-20,23,25,36H,10,12,16,18,21H2,1-9H3,(H,40,44)/t23-,25-/m0/s1. The second-order valence-corrected chi connectivity index (χ2v) is 14.3. The van der Waals surface area contributed by atoms with Gasteiger partial charge in [0.1, 0.15) is 28.5 Å². The molecule has 1 fully saturated rings. The van der Waals surface area contributed by atoms with Crippen LogP contribution in [0.2, 0.25) is 0 Å². The first-order chi connectivity index (χ1) is 23.1. The summed E-state index contributed by atoms with van der Waals surface area (Å²) in [6, 6.07) is 7.40. The molecule has 0 radical (unpaired) electrons. The minimum Gasteiger partial charge on any atom is -0.497 e. The number of carbonyl (C=O) groups is 2. The summed E-state index contributed by atoms with van der Waals surface area (Å²) in [6.45, 7) is 12.5. The lowest BCUT2D eigenvalue weighted by molar-refractivity contribution is 0.00729. The summed E-state index contributed by atoms with van der Waals surface area (Å²) in [5.41, 5.74) is 2.49. The van der Waals surface area contributed by atoms with Gasteiger partial charge >= 0.3 is 12.2 Å². The molecule has 1 saturated heterocycles. The number of likely N-dealkylation sites (tertiary alicyclic amines) is 1. The number of benzene rings is 1. The zero-order valence-corrected chi connectivity index (χ0v) is 29.9. The average Bonchev–Trinajstić information content (AvgIpc) is 3.65. The Balaban J connectivity index is 1.43. The third-order valence-electron chi connectivity index (χ3n) is 8.08. The van der Waals surface area contributed by atoms with Gasteiger partial charge in [-0.3, -0.25) is 10.00 Å². The predicted octanol–water partition coefficient (Wildman–Crippen LogP) is 5.77. The van der Waals surface area contributed by atoms with E-state index >= 15 is 0 Å². The van der Waals surface area contributed by atoms with E-state index in [9.17, 15) is 9.59 Å². The summed E-state index contributed by atoms with van der Waals surface area (Å²) >= 11 is 0. The van der Waals surface area contributed by atoms with Crippen LogP contribution in [0.25, 0.3) is 16.8 Å². The molecule has 0 unspecified atom stereocenters. The lowest BCUT2D eigenvalue weighted by Gasteiger charge is -2.40. The molecule has 14 nitrogen and oxygen atoms in total. The third kappa shape index (κ3) is 8.79. The fourth-order valence-corrected chi connectivity index (χ4v) is 5.85. The Morgan fingerprint density at radius 3 is 2.37 bits per heavy atom. The second kappa shape index (κ2) is 14.3. The zero-order valence-electron chi connectivity index (χ0n) is 29.9. The van der Waals surface area contributed by atoms with Crippen molar-refractivity contribution in [2.45, 2.75) is 84.1 Å². The van der Waals surface area contributed by atoms with Gasteiger partial charge in [-0.2, -0.15) is 14.7 Å². The molecule has 4 aromatic rings. The van der Waals surface area contributed by atoms with Crippen molar-refractivity contribution in [3.05, 3.63) is 54.1 Å². The molecule has 0 aliphatic carbocycles. The van der Waals surface area contributed by atoms with Crippen LogP contribution in [0.5, 0.6) is 11.5 Å². The number of ether oxygens (including phenoxy) is 4. The molecule has 4 heterocycles. The highest BCUT2D eigenvalue weighted by molar-refractivity contribution is 5.86. The van der Waals surface area contributed by atoms with E-state index in [1.54, 1.807) is 61.5 Å². The summed E-state index contributed by atoms with van der Waals surface area (Å²) < 4.78 is 25.6. The number of carbonyl (C=O) groups excluding carboxylic acids is 2. The maximum Gasteiger partial charge on any atom is 0.413 e. The highest BCUT2D eigenvalue weighted by Gasteiger charge is 2.36. The van der Waals surface area contributed by atoms with Crippen molar-refractivity contribution in [3.63, 3.8) is 0 Å². The van der Waals surface area contributed by atoms with Crippen LogP contribution in [0.15, 0.2) is 42.9 Å². The van der Waals surface area contributed by atoms with E-state index in [-0.39, 0.29) is 18.1 Å². The molecule has 0 saturated carbocycles. The zero-order chi connectivity index (χ0) is 35.5. The van der Waals surface area contributed by atoms with E-state index in [2.05, 4.69) is 20.8 Å². The molecule has 2 amide bonds. The van der Waals surface area contributed by atoms with E-state index in [1.807, 2.05) is 58.3 Å². The molecular formula is C35H48N8O6. The van der Waals surface area contributed by atoms with Crippen molar-refractivity contribution in [2.24, 2.45) is 7.05 Å². The Morgan fingerprint density at radius 1 is 0.959 bits per heavy atom. The monoisotopic (exact) mass is 676 g/mol. The van der Waals surface area contributed by atoms with Crippen molar-refractivity contribution >= 4 is 23.7 Å². The van der Waals surface area contributed by atoms with E-state index in [0.717, 1.165) is 34.6 Å². The number of hydrogen-bond donors (Lipinski definition) is 2. The molecular weight excluding hydrogens is 628 g/mol. The average molecular weight is 677 g/mol. The first-order valence-electron chi connectivity index (χ1n) is 16.4. The van der Waals surface area contributed by atoms with Crippen molar-refractivity contribution in [1.82, 2.24) is 34.6 Å². The second-order valence-electron chi connectivity index (χ2n) is 14.3. The maximum atomic E-state index is 13.7. The number of aromatic nitrogens is 5. The van der Waals surface area contributed by atoms with Crippen LogP contribution in [-0.2, 0) is 23.1 Å². The number of nitrogens with one attached hydrogen (secondary N) is 2. The summed E-state index contributed by atoms with van der Waals surface area (Å²) in [5.74, 6) is 1.70. The number of rotatable bonds is 9. The quantitative estimate of drug-likeness (QED) is 0.224. The summed E-state index contributed by atoms with van der Waals surface area (Å²) in [5, 5.41) is 15.3.